The van der Waals surface area contributed by atoms with Crippen LogP contribution in [0.25, 0.3) is 0 Å². The number of allylic oxidation sites excluding steroid dienone is 4. The highest BCUT2D eigenvalue weighted by Gasteiger charge is 2.31. The molecule has 8 heteroatoms. The minimum atomic E-state index is -4.65. The average Bonchev–Trinajstić information content (AvgIpc) is 2.63. The molecule has 0 unspecified atom stereocenters. The summed E-state index contributed by atoms with van der Waals surface area (Å²) in [5, 5.41) is 7.17. The number of aryl methyl sites for hydroxylation is 1. The van der Waals surface area contributed by atoms with Crippen LogP contribution in [0, 0.1) is 6.92 Å². The standard InChI is InChI=1S/C20H24F3N5/c1-5-7-18(28-26-6-2)17-11-16(9-8-13(17)3)27-14(4)15(12-24)10-19(25)20(21,22)23/h5-12,26-27H,2,4,24-25H2,1,3H3/b7-5-,15-12+,19-10-,28-18+. The van der Waals surface area contributed by atoms with Crippen molar-refractivity contribution in [2.45, 2.75) is 20.0 Å². The van der Waals surface area contributed by atoms with E-state index in [1.54, 1.807) is 12.1 Å². The Balaban J connectivity index is 3.19. The highest BCUT2D eigenvalue weighted by molar-refractivity contribution is 6.10. The van der Waals surface area contributed by atoms with Crippen LogP contribution < -0.4 is 22.2 Å². The van der Waals surface area contributed by atoms with Gasteiger partial charge < -0.3 is 16.8 Å². The molecule has 6 N–H and O–H groups in total. The molecule has 5 nitrogen and oxygen atoms in total. The number of nitrogens with zero attached hydrogens (tertiary/aromatic N) is 1. The van der Waals surface area contributed by atoms with Crippen molar-refractivity contribution in [1.29, 1.82) is 0 Å². The zero-order valence-corrected chi connectivity index (χ0v) is 15.8. The van der Waals surface area contributed by atoms with E-state index in [2.05, 4.69) is 29.0 Å². The van der Waals surface area contributed by atoms with E-state index in [0.717, 1.165) is 23.4 Å². The van der Waals surface area contributed by atoms with Gasteiger partial charge in [0.1, 0.15) is 5.70 Å². The first-order chi connectivity index (χ1) is 13.1. The van der Waals surface area contributed by atoms with Crippen LogP contribution in [0.3, 0.4) is 0 Å². The molecule has 0 atom stereocenters. The molecule has 0 radical (unpaired) electrons. The Kier molecular flexibility index (Phi) is 8.12. The Morgan fingerprint density at radius 2 is 1.96 bits per heavy atom. The van der Waals surface area contributed by atoms with E-state index in [0.29, 0.717) is 11.4 Å². The molecule has 0 saturated heterocycles. The van der Waals surface area contributed by atoms with E-state index < -0.39 is 11.9 Å². The quantitative estimate of drug-likeness (QED) is 0.304. The van der Waals surface area contributed by atoms with Crippen molar-refractivity contribution in [1.82, 2.24) is 5.43 Å². The van der Waals surface area contributed by atoms with E-state index in [1.165, 1.54) is 6.20 Å². The molecule has 0 amide bonds. The summed E-state index contributed by atoms with van der Waals surface area (Å²) in [6.07, 6.45) is 2.17. The van der Waals surface area contributed by atoms with Crippen LogP contribution in [0.4, 0.5) is 18.9 Å². The second-order valence-electron chi connectivity index (χ2n) is 5.68. The van der Waals surface area contributed by atoms with Gasteiger partial charge in [-0.25, -0.2) is 0 Å². The lowest BCUT2D eigenvalue weighted by Crippen LogP contribution is -2.20. The molecule has 28 heavy (non-hydrogen) atoms. The monoisotopic (exact) mass is 391 g/mol. The van der Waals surface area contributed by atoms with Crippen molar-refractivity contribution in [2.75, 3.05) is 5.32 Å². The van der Waals surface area contributed by atoms with Crippen molar-refractivity contribution in [3.63, 3.8) is 0 Å². The van der Waals surface area contributed by atoms with Gasteiger partial charge in [-0.15, -0.1) is 0 Å². The maximum atomic E-state index is 12.7. The fourth-order valence-electron chi connectivity index (χ4n) is 2.17. The first-order valence-electron chi connectivity index (χ1n) is 8.24. The van der Waals surface area contributed by atoms with Gasteiger partial charge in [0.2, 0.25) is 0 Å². The van der Waals surface area contributed by atoms with Crippen LogP contribution in [-0.4, -0.2) is 11.9 Å². The van der Waals surface area contributed by atoms with Crippen molar-refractivity contribution in [2.24, 2.45) is 16.6 Å². The lowest BCUT2D eigenvalue weighted by Gasteiger charge is -2.14. The first kappa shape index (κ1) is 22.6. The van der Waals surface area contributed by atoms with Gasteiger partial charge in [0.25, 0.3) is 0 Å². The fourth-order valence-corrected chi connectivity index (χ4v) is 2.17. The molecule has 1 aromatic rings. The number of hydrogen-bond acceptors (Lipinski definition) is 5. The van der Waals surface area contributed by atoms with Gasteiger partial charge in [-0.3, -0.25) is 5.43 Å². The van der Waals surface area contributed by atoms with Gasteiger partial charge in [0.15, 0.2) is 0 Å². The molecule has 1 rings (SSSR count). The number of hydrogen-bond donors (Lipinski definition) is 4. The summed E-state index contributed by atoms with van der Waals surface area (Å²) in [6.45, 7) is 11.1. The molecule has 0 aliphatic rings. The number of nitrogens with one attached hydrogen (secondary N) is 2. The van der Waals surface area contributed by atoms with Gasteiger partial charge in [0, 0.05) is 34.9 Å². The van der Waals surface area contributed by atoms with Crippen LogP contribution in [-0.2, 0) is 0 Å². The van der Waals surface area contributed by atoms with Crippen molar-refractivity contribution in [3.05, 3.63) is 90.1 Å². The maximum absolute atomic E-state index is 12.7. The minimum Gasteiger partial charge on any atom is -0.404 e. The number of anilines is 1. The Hall–Kier alpha value is -3.42. The van der Waals surface area contributed by atoms with Gasteiger partial charge >= 0.3 is 6.18 Å². The third-order valence-electron chi connectivity index (χ3n) is 3.58. The largest absolute Gasteiger partial charge is 0.430 e. The van der Waals surface area contributed by atoms with Crippen LogP contribution >= 0.6 is 0 Å². The maximum Gasteiger partial charge on any atom is 0.430 e. The normalized spacial score (nSPS) is 13.5. The summed E-state index contributed by atoms with van der Waals surface area (Å²) in [4.78, 5) is 0. The fraction of sp³-hybridized carbons (Fsp3) is 0.150. The topological polar surface area (TPSA) is 88.5 Å². The molecule has 0 saturated carbocycles. The number of hydrazone groups is 1. The number of alkyl halides is 3. The highest BCUT2D eigenvalue weighted by atomic mass is 19.4. The Bertz CT molecular complexity index is 846. The lowest BCUT2D eigenvalue weighted by atomic mass is 10.0. The molecule has 0 aliphatic carbocycles. The van der Waals surface area contributed by atoms with E-state index >= 15 is 0 Å². The molecule has 150 valence electrons. The molecule has 0 fully saturated rings. The zero-order valence-electron chi connectivity index (χ0n) is 15.8. The number of rotatable bonds is 8. The molecule has 1 aromatic carbocycles. The average molecular weight is 391 g/mol. The van der Waals surface area contributed by atoms with Gasteiger partial charge in [-0.05, 0) is 43.7 Å². The van der Waals surface area contributed by atoms with Crippen molar-refractivity contribution in [3.8, 4) is 0 Å². The molecule has 0 aliphatic heterocycles. The van der Waals surface area contributed by atoms with Crippen molar-refractivity contribution >= 4 is 11.4 Å². The van der Waals surface area contributed by atoms with Crippen LogP contribution in [0.1, 0.15) is 18.1 Å². The molecule has 0 heterocycles. The second-order valence-corrected chi connectivity index (χ2v) is 5.68. The molecule has 0 spiro atoms. The van der Waals surface area contributed by atoms with Gasteiger partial charge in [-0.1, -0.05) is 25.3 Å². The second kappa shape index (κ2) is 10.1. The third-order valence-corrected chi connectivity index (χ3v) is 3.58. The first-order valence-corrected chi connectivity index (χ1v) is 8.24. The van der Waals surface area contributed by atoms with Crippen molar-refractivity contribution < 1.29 is 13.2 Å². The zero-order chi connectivity index (χ0) is 21.3. The SMILES string of the molecule is C=CN/N=C(\C=C/C)c1cc(NC(=C)C(/C=C(\N)C(F)(F)F)=C/N)ccc1C. The lowest BCUT2D eigenvalue weighted by molar-refractivity contribution is -0.0926. The van der Waals surface area contributed by atoms with Crippen LogP contribution in [0.5, 0.6) is 0 Å². The number of nitrogens with two attached hydrogens (primary N) is 2. The predicted octanol–water partition coefficient (Wildman–Crippen LogP) is 4.18. The molecule has 0 bridgehead atoms. The highest BCUT2D eigenvalue weighted by Crippen LogP contribution is 2.25. The Morgan fingerprint density at radius 1 is 1.29 bits per heavy atom. The third kappa shape index (κ3) is 6.39. The Morgan fingerprint density at radius 3 is 2.50 bits per heavy atom. The summed E-state index contributed by atoms with van der Waals surface area (Å²) in [6, 6.07) is 5.42. The summed E-state index contributed by atoms with van der Waals surface area (Å²) >= 11 is 0. The number of benzene rings is 1. The summed E-state index contributed by atoms with van der Waals surface area (Å²) < 4.78 is 38.0. The summed E-state index contributed by atoms with van der Waals surface area (Å²) in [7, 11) is 0. The van der Waals surface area contributed by atoms with E-state index in [1.807, 2.05) is 32.1 Å². The smallest absolute Gasteiger partial charge is 0.404 e. The van der Waals surface area contributed by atoms with E-state index in [-0.39, 0.29) is 11.3 Å². The molecular weight excluding hydrogens is 367 g/mol. The van der Waals surface area contributed by atoms with Gasteiger partial charge in [-0.2, -0.15) is 18.3 Å². The summed E-state index contributed by atoms with van der Waals surface area (Å²) in [5.41, 5.74) is 15.1. The predicted molar refractivity (Wildman–Crippen MR) is 109 cm³/mol. The minimum absolute atomic E-state index is 0.0209. The van der Waals surface area contributed by atoms with Gasteiger partial charge in [0.05, 0.1) is 5.71 Å². The molecule has 0 aromatic heterocycles. The van der Waals surface area contributed by atoms with E-state index in [9.17, 15) is 13.2 Å². The van der Waals surface area contributed by atoms with Crippen LogP contribution in [0.15, 0.2) is 84.1 Å². The van der Waals surface area contributed by atoms with Crippen LogP contribution in [0.2, 0.25) is 0 Å². The summed E-state index contributed by atoms with van der Waals surface area (Å²) in [5.74, 6) is 0. The molecular formula is C20H24F3N5. The van der Waals surface area contributed by atoms with E-state index in [4.69, 9.17) is 11.5 Å². The Labute approximate surface area is 162 Å². The number of halogens is 3.